The lowest BCUT2D eigenvalue weighted by Crippen LogP contribution is -2.33. The number of carbonyl (C=O) groups is 1. The molecule has 6 nitrogen and oxygen atoms in total. The van der Waals surface area contributed by atoms with Gasteiger partial charge in [-0.3, -0.25) is 4.79 Å². The molecular formula is C17H23N3O3S. The van der Waals surface area contributed by atoms with Crippen molar-refractivity contribution in [3.05, 3.63) is 29.8 Å². The van der Waals surface area contributed by atoms with Crippen molar-refractivity contribution in [1.29, 1.82) is 5.26 Å². The van der Waals surface area contributed by atoms with Crippen LogP contribution < -0.4 is 0 Å². The highest BCUT2D eigenvalue weighted by Gasteiger charge is 2.26. The van der Waals surface area contributed by atoms with E-state index in [2.05, 4.69) is 0 Å². The molecule has 130 valence electrons. The van der Waals surface area contributed by atoms with Crippen LogP contribution in [-0.4, -0.2) is 49.7 Å². The summed E-state index contributed by atoms with van der Waals surface area (Å²) in [6.07, 6.45) is 3.82. The van der Waals surface area contributed by atoms with Crippen LogP contribution in [0.2, 0.25) is 0 Å². The SMILES string of the molecule is CCN(CC#N)C(=O)c1cccc(S(=O)(=O)N2CCCCCC2)c1. The molecule has 0 N–H and O–H groups in total. The van der Waals surface area contributed by atoms with E-state index in [-0.39, 0.29) is 17.3 Å². The van der Waals surface area contributed by atoms with Crippen LogP contribution in [-0.2, 0) is 10.0 Å². The minimum Gasteiger partial charge on any atom is -0.326 e. The van der Waals surface area contributed by atoms with Gasteiger partial charge in [0.2, 0.25) is 10.0 Å². The third-order valence-electron chi connectivity index (χ3n) is 4.21. The molecule has 1 aliphatic rings. The lowest BCUT2D eigenvalue weighted by Gasteiger charge is -2.21. The summed E-state index contributed by atoms with van der Waals surface area (Å²) < 4.78 is 27.2. The molecule has 1 fully saturated rings. The second-order valence-electron chi connectivity index (χ2n) is 5.82. The molecule has 0 aromatic heterocycles. The van der Waals surface area contributed by atoms with Gasteiger partial charge >= 0.3 is 0 Å². The summed E-state index contributed by atoms with van der Waals surface area (Å²) in [6, 6.07) is 8.06. The second-order valence-corrected chi connectivity index (χ2v) is 7.76. The van der Waals surface area contributed by atoms with Gasteiger partial charge < -0.3 is 4.90 Å². The Kier molecular flexibility index (Phi) is 6.35. The molecule has 0 radical (unpaired) electrons. The number of hydrogen-bond acceptors (Lipinski definition) is 4. The Morgan fingerprint density at radius 2 is 1.92 bits per heavy atom. The summed E-state index contributed by atoms with van der Waals surface area (Å²) in [6.45, 7) is 3.22. The van der Waals surface area contributed by atoms with Crippen LogP contribution in [0.15, 0.2) is 29.2 Å². The van der Waals surface area contributed by atoms with E-state index in [0.29, 0.717) is 25.2 Å². The first-order valence-corrected chi connectivity index (χ1v) is 9.71. The van der Waals surface area contributed by atoms with Crippen molar-refractivity contribution in [1.82, 2.24) is 9.21 Å². The van der Waals surface area contributed by atoms with Crippen molar-refractivity contribution in [3.8, 4) is 6.07 Å². The maximum absolute atomic E-state index is 12.8. The van der Waals surface area contributed by atoms with Gasteiger partial charge in [-0.2, -0.15) is 9.57 Å². The predicted octanol–water partition coefficient (Wildman–Crippen LogP) is 2.24. The fourth-order valence-electron chi connectivity index (χ4n) is 2.82. The Bertz CT molecular complexity index is 717. The van der Waals surface area contributed by atoms with Crippen LogP contribution in [0.4, 0.5) is 0 Å². The summed E-state index contributed by atoms with van der Waals surface area (Å²) in [5, 5.41) is 8.80. The van der Waals surface area contributed by atoms with E-state index in [0.717, 1.165) is 25.7 Å². The van der Waals surface area contributed by atoms with E-state index in [9.17, 15) is 13.2 Å². The molecule has 1 aromatic rings. The van der Waals surface area contributed by atoms with E-state index in [1.165, 1.54) is 21.3 Å². The number of nitriles is 1. The van der Waals surface area contributed by atoms with Crippen molar-refractivity contribution in [3.63, 3.8) is 0 Å². The minimum atomic E-state index is -3.59. The number of rotatable bonds is 5. The molecule has 7 heteroatoms. The van der Waals surface area contributed by atoms with Crippen LogP contribution >= 0.6 is 0 Å². The fraction of sp³-hybridized carbons (Fsp3) is 0.529. The average Bonchev–Trinajstić information content (AvgIpc) is 2.89. The van der Waals surface area contributed by atoms with Crippen LogP contribution in [0.3, 0.4) is 0 Å². The molecule has 0 saturated carbocycles. The first-order chi connectivity index (χ1) is 11.5. The van der Waals surface area contributed by atoms with Gasteiger partial charge in [-0.05, 0) is 38.0 Å². The van der Waals surface area contributed by atoms with Crippen molar-refractivity contribution >= 4 is 15.9 Å². The average molecular weight is 349 g/mol. The van der Waals surface area contributed by atoms with Gasteiger partial charge in [-0.15, -0.1) is 0 Å². The maximum atomic E-state index is 12.8. The van der Waals surface area contributed by atoms with E-state index >= 15 is 0 Å². The van der Waals surface area contributed by atoms with Crippen LogP contribution in [0.5, 0.6) is 0 Å². The van der Waals surface area contributed by atoms with Crippen molar-refractivity contribution in [2.24, 2.45) is 0 Å². The highest BCUT2D eigenvalue weighted by atomic mass is 32.2. The Hall–Kier alpha value is -1.91. The Morgan fingerprint density at radius 3 is 2.50 bits per heavy atom. The molecule has 1 amide bonds. The smallest absolute Gasteiger partial charge is 0.254 e. The first-order valence-electron chi connectivity index (χ1n) is 8.27. The normalized spacial score (nSPS) is 16.2. The number of nitrogens with zero attached hydrogens (tertiary/aromatic N) is 3. The van der Waals surface area contributed by atoms with Crippen LogP contribution in [0, 0.1) is 11.3 Å². The number of sulfonamides is 1. The zero-order chi connectivity index (χ0) is 17.6. The lowest BCUT2D eigenvalue weighted by atomic mass is 10.2. The molecule has 2 rings (SSSR count). The van der Waals surface area contributed by atoms with Crippen molar-refractivity contribution < 1.29 is 13.2 Å². The minimum absolute atomic E-state index is 0.0154. The predicted molar refractivity (Wildman–Crippen MR) is 90.9 cm³/mol. The maximum Gasteiger partial charge on any atom is 0.254 e. The standard InChI is InChI=1S/C17H23N3O3S/c1-2-19(13-10-18)17(21)15-8-7-9-16(14-15)24(22,23)20-11-5-3-4-6-12-20/h7-9,14H,2-6,11-13H2,1H3. The van der Waals surface area contributed by atoms with Crippen molar-refractivity contribution in [2.45, 2.75) is 37.5 Å². The molecule has 1 aromatic carbocycles. The molecule has 1 heterocycles. The molecule has 0 bridgehead atoms. The van der Waals surface area contributed by atoms with Gasteiger partial charge in [-0.1, -0.05) is 18.9 Å². The zero-order valence-corrected chi connectivity index (χ0v) is 14.8. The number of hydrogen-bond donors (Lipinski definition) is 0. The number of amides is 1. The number of benzene rings is 1. The van der Waals surface area contributed by atoms with E-state index < -0.39 is 10.0 Å². The Balaban J connectivity index is 2.29. The molecule has 0 aliphatic carbocycles. The Labute approximate surface area is 143 Å². The molecule has 0 atom stereocenters. The van der Waals surface area contributed by atoms with Crippen molar-refractivity contribution in [2.75, 3.05) is 26.2 Å². The largest absolute Gasteiger partial charge is 0.326 e. The van der Waals surface area contributed by atoms with Gasteiger partial charge in [0.1, 0.15) is 6.54 Å². The van der Waals surface area contributed by atoms with Gasteiger partial charge in [0.25, 0.3) is 5.91 Å². The molecule has 1 aliphatic heterocycles. The summed E-state index contributed by atoms with van der Waals surface area (Å²) in [4.78, 5) is 14.0. The molecule has 0 spiro atoms. The summed E-state index contributed by atoms with van der Waals surface area (Å²) in [5.74, 6) is -0.327. The molecule has 24 heavy (non-hydrogen) atoms. The molecule has 0 unspecified atom stereocenters. The van der Waals surface area contributed by atoms with Gasteiger partial charge in [0.15, 0.2) is 0 Å². The molecular weight excluding hydrogens is 326 g/mol. The lowest BCUT2D eigenvalue weighted by molar-refractivity contribution is 0.0784. The van der Waals surface area contributed by atoms with Crippen LogP contribution in [0.1, 0.15) is 43.0 Å². The quantitative estimate of drug-likeness (QED) is 0.763. The van der Waals surface area contributed by atoms with Gasteiger partial charge in [-0.25, -0.2) is 8.42 Å². The highest BCUT2D eigenvalue weighted by Crippen LogP contribution is 2.21. The van der Waals surface area contributed by atoms with E-state index in [4.69, 9.17) is 5.26 Å². The summed E-state index contributed by atoms with van der Waals surface area (Å²) >= 11 is 0. The monoisotopic (exact) mass is 349 g/mol. The zero-order valence-electron chi connectivity index (χ0n) is 13.9. The van der Waals surface area contributed by atoms with E-state index in [1.54, 1.807) is 19.1 Å². The fourth-order valence-corrected chi connectivity index (χ4v) is 4.38. The highest BCUT2D eigenvalue weighted by molar-refractivity contribution is 7.89. The summed E-state index contributed by atoms with van der Waals surface area (Å²) in [7, 11) is -3.59. The van der Waals surface area contributed by atoms with E-state index in [1.807, 2.05) is 6.07 Å². The van der Waals surface area contributed by atoms with Gasteiger partial charge in [0, 0.05) is 25.2 Å². The van der Waals surface area contributed by atoms with Gasteiger partial charge in [0.05, 0.1) is 11.0 Å². The third kappa shape index (κ3) is 4.13. The molecule has 1 saturated heterocycles. The number of carbonyl (C=O) groups excluding carboxylic acids is 1. The van der Waals surface area contributed by atoms with Crippen LogP contribution in [0.25, 0.3) is 0 Å². The Morgan fingerprint density at radius 1 is 1.25 bits per heavy atom. The topological polar surface area (TPSA) is 81.5 Å². The first kappa shape index (κ1) is 18.4. The third-order valence-corrected chi connectivity index (χ3v) is 6.11. The second kappa shape index (κ2) is 8.27. The summed E-state index contributed by atoms with van der Waals surface area (Å²) in [5.41, 5.74) is 0.294.